The zero-order chi connectivity index (χ0) is 22.4. The predicted molar refractivity (Wildman–Crippen MR) is 126 cm³/mol. The molecule has 0 unspecified atom stereocenters. The quantitative estimate of drug-likeness (QED) is 0.493. The van der Waals surface area contributed by atoms with E-state index in [1.807, 2.05) is 39.0 Å². The molecule has 2 aliphatic rings. The summed E-state index contributed by atoms with van der Waals surface area (Å²) in [5.41, 5.74) is 7.43. The van der Waals surface area contributed by atoms with Gasteiger partial charge in [0, 0.05) is 37.8 Å². The summed E-state index contributed by atoms with van der Waals surface area (Å²) in [6.07, 6.45) is 5.16. The number of nitrogens with one attached hydrogen (secondary N) is 1. The topological polar surface area (TPSA) is 80.1 Å². The molecule has 0 saturated carbocycles. The second kappa shape index (κ2) is 10.4. The lowest BCUT2D eigenvalue weighted by atomic mass is 10.0. The number of amides is 1. The number of ether oxygens (including phenoxy) is 2. The molecule has 2 fully saturated rings. The molecule has 1 aromatic rings. The van der Waals surface area contributed by atoms with Crippen LogP contribution in [0.5, 0.6) is 5.75 Å². The van der Waals surface area contributed by atoms with Crippen LogP contribution in [0.1, 0.15) is 59.8 Å². The highest BCUT2D eigenvalue weighted by atomic mass is 16.6. The zero-order valence-corrected chi connectivity index (χ0v) is 19.7. The Balaban J connectivity index is 1.40. The summed E-state index contributed by atoms with van der Waals surface area (Å²) in [4.78, 5) is 16.5. The van der Waals surface area contributed by atoms with E-state index in [-0.39, 0.29) is 12.1 Å². The van der Waals surface area contributed by atoms with Crippen LogP contribution in [0.4, 0.5) is 16.2 Å². The van der Waals surface area contributed by atoms with Crippen LogP contribution in [-0.4, -0.2) is 66.4 Å². The van der Waals surface area contributed by atoms with Gasteiger partial charge < -0.3 is 30.3 Å². The Morgan fingerprint density at radius 2 is 1.94 bits per heavy atom. The van der Waals surface area contributed by atoms with Gasteiger partial charge in [0.05, 0.1) is 18.0 Å². The SMILES string of the molecule is C[C@@H]1CCCN1CCCOc1ccc(NC2CCN(C(=O)OC(C)(C)C)CC2)c(N)c1. The van der Waals surface area contributed by atoms with Gasteiger partial charge in [-0.2, -0.15) is 0 Å². The van der Waals surface area contributed by atoms with Gasteiger partial charge in [-0.05, 0) is 78.5 Å². The monoisotopic (exact) mass is 432 g/mol. The van der Waals surface area contributed by atoms with Crippen molar-refractivity contribution < 1.29 is 14.3 Å². The van der Waals surface area contributed by atoms with Gasteiger partial charge >= 0.3 is 6.09 Å². The third-order valence-electron chi connectivity index (χ3n) is 6.08. The van der Waals surface area contributed by atoms with Gasteiger partial charge in [0.15, 0.2) is 0 Å². The fourth-order valence-electron chi connectivity index (χ4n) is 4.30. The molecule has 1 atom stereocenters. The molecule has 174 valence electrons. The Morgan fingerprint density at radius 3 is 2.55 bits per heavy atom. The number of carbonyl (C=O) groups is 1. The number of carbonyl (C=O) groups excluding carboxylic acids is 1. The highest BCUT2D eigenvalue weighted by Gasteiger charge is 2.27. The van der Waals surface area contributed by atoms with Crippen molar-refractivity contribution in [2.24, 2.45) is 0 Å². The van der Waals surface area contributed by atoms with Crippen molar-refractivity contribution in [1.82, 2.24) is 9.80 Å². The first kappa shape index (κ1) is 23.5. The summed E-state index contributed by atoms with van der Waals surface area (Å²) in [5, 5.41) is 3.53. The fraction of sp³-hybridized carbons (Fsp3) is 0.708. The van der Waals surface area contributed by atoms with Crippen molar-refractivity contribution in [3.63, 3.8) is 0 Å². The number of likely N-dealkylation sites (tertiary alicyclic amines) is 2. The van der Waals surface area contributed by atoms with Crippen molar-refractivity contribution in [3.8, 4) is 5.75 Å². The number of hydrogen-bond donors (Lipinski definition) is 2. The number of nitrogen functional groups attached to an aromatic ring is 1. The van der Waals surface area contributed by atoms with E-state index in [0.717, 1.165) is 37.2 Å². The molecule has 7 nitrogen and oxygen atoms in total. The highest BCUT2D eigenvalue weighted by molar-refractivity contribution is 5.69. The number of anilines is 2. The average Bonchev–Trinajstić information content (AvgIpc) is 3.11. The van der Waals surface area contributed by atoms with Crippen LogP contribution >= 0.6 is 0 Å². The average molecular weight is 433 g/mol. The minimum atomic E-state index is -0.461. The third-order valence-corrected chi connectivity index (χ3v) is 6.08. The van der Waals surface area contributed by atoms with E-state index in [2.05, 4.69) is 17.1 Å². The fourth-order valence-corrected chi connectivity index (χ4v) is 4.30. The minimum absolute atomic E-state index is 0.230. The third kappa shape index (κ3) is 7.20. The first-order chi connectivity index (χ1) is 14.7. The molecule has 1 aromatic carbocycles. The summed E-state index contributed by atoms with van der Waals surface area (Å²) in [6.45, 7) is 12.4. The molecular weight excluding hydrogens is 392 g/mol. The van der Waals surface area contributed by atoms with E-state index >= 15 is 0 Å². The lowest BCUT2D eigenvalue weighted by Gasteiger charge is -2.34. The van der Waals surface area contributed by atoms with E-state index in [1.54, 1.807) is 4.90 Å². The van der Waals surface area contributed by atoms with Crippen LogP contribution in [0.2, 0.25) is 0 Å². The van der Waals surface area contributed by atoms with E-state index in [1.165, 1.54) is 19.4 Å². The molecule has 31 heavy (non-hydrogen) atoms. The van der Waals surface area contributed by atoms with E-state index < -0.39 is 5.60 Å². The van der Waals surface area contributed by atoms with Crippen molar-refractivity contribution >= 4 is 17.5 Å². The normalized spacial score (nSPS) is 20.6. The number of piperidine rings is 1. The van der Waals surface area contributed by atoms with Crippen LogP contribution < -0.4 is 15.8 Å². The molecule has 2 aliphatic heterocycles. The number of benzene rings is 1. The van der Waals surface area contributed by atoms with Crippen LogP contribution in [0.25, 0.3) is 0 Å². The van der Waals surface area contributed by atoms with Crippen LogP contribution in [0, 0.1) is 0 Å². The minimum Gasteiger partial charge on any atom is -0.493 e. The van der Waals surface area contributed by atoms with Crippen LogP contribution in [0.3, 0.4) is 0 Å². The summed E-state index contributed by atoms with van der Waals surface area (Å²) in [6, 6.07) is 6.86. The number of nitrogens with two attached hydrogens (primary N) is 1. The number of nitrogens with zero attached hydrogens (tertiary/aromatic N) is 2. The molecule has 0 spiro atoms. The summed E-state index contributed by atoms with van der Waals surface area (Å²) in [7, 11) is 0. The first-order valence-corrected chi connectivity index (χ1v) is 11.7. The Labute approximate surface area is 187 Å². The molecule has 0 radical (unpaired) electrons. The van der Waals surface area contributed by atoms with Gasteiger partial charge in [0.2, 0.25) is 0 Å². The van der Waals surface area contributed by atoms with Crippen molar-refractivity contribution in [1.29, 1.82) is 0 Å². The molecular formula is C24H40N4O3. The lowest BCUT2D eigenvalue weighted by molar-refractivity contribution is 0.0210. The summed E-state index contributed by atoms with van der Waals surface area (Å²) in [5.74, 6) is 0.817. The molecule has 1 amide bonds. The van der Waals surface area contributed by atoms with Crippen LogP contribution in [-0.2, 0) is 4.74 Å². The Morgan fingerprint density at radius 1 is 1.19 bits per heavy atom. The van der Waals surface area contributed by atoms with Gasteiger partial charge in [-0.3, -0.25) is 0 Å². The molecule has 0 bridgehead atoms. The lowest BCUT2D eigenvalue weighted by Crippen LogP contribution is -2.44. The summed E-state index contributed by atoms with van der Waals surface area (Å²) >= 11 is 0. The first-order valence-electron chi connectivity index (χ1n) is 11.7. The molecule has 3 N–H and O–H groups in total. The van der Waals surface area contributed by atoms with Gasteiger partial charge in [-0.1, -0.05) is 0 Å². The van der Waals surface area contributed by atoms with Crippen molar-refractivity contribution in [3.05, 3.63) is 18.2 Å². The largest absolute Gasteiger partial charge is 0.493 e. The number of hydrogen-bond acceptors (Lipinski definition) is 6. The molecule has 0 aromatic heterocycles. The van der Waals surface area contributed by atoms with E-state index in [0.29, 0.717) is 31.4 Å². The Hall–Kier alpha value is -2.15. The standard InChI is InChI=1S/C24H40N4O3/c1-18-7-5-12-27(18)13-6-16-30-20-8-9-22(21(25)17-20)26-19-10-14-28(15-11-19)23(29)31-24(2,3)4/h8-9,17-19,26H,5-7,10-16,25H2,1-4H3/t18-/m1/s1. The van der Waals surface area contributed by atoms with Gasteiger partial charge in [-0.25, -0.2) is 4.79 Å². The van der Waals surface area contributed by atoms with Gasteiger partial charge in [0.25, 0.3) is 0 Å². The summed E-state index contributed by atoms with van der Waals surface area (Å²) < 4.78 is 11.4. The van der Waals surface area contributed by atoms with Gasteiger partial charge in [0.1, 0.15) is 11.4 Å². The van der Waals surface area contributed by atoms with Crippen molar-refractivity contribution in [2.45, 2.75) is 77.5 Å². The molecule has 3 rings (SSSR count). The highest BCUT2D eigenvalue weighted by Crippen LogP contribution is 2.27. The van der Waals surface area contributed by atoms with E-state index in [9.17, 15) is 4.79 Å². The molecule has 2 saturated heterocycles. The number of rotatable bonds is 7. The van der Waals surface area contributed by atoms with Crippen LogP contribution in [0.15, 0.2) is 18.2 Å². The molecule has 0 aliphatic carbocycles. The zero-order valence-electron chi connectivity index (χ0n) is 19.7. The van der Waals surface area contributed by atoms with E-state index in [4.69, 9.17) is 15.2 Å². The predicted octanol–water partition coefficient (Wildman–Crippen LogP) is 4.33. The smallest absolute Gasteiger partial charge is 0.410 e. The second-order valence-electron chi connectivity index (χ2n) is 9.86. The maximum absolute atomic E-state index is 12.2. The van der Waals surface area contributed by atoms with Gasteiger partial charge in [-0.15, -0.1) is 0 Å². The Kier molecular flexibility index (Phi) is 7.92. The molecule has 7 heteroatoms. The molecule has 2 heterocycles. The maximum atomic E-state index is 12.2. The second-order valence-corrected chi connectivity index (χ2v) is 9.86. The Bertz CT molecular complexity index is 726. The van der Waals surface area contributed by atoms with Crippen molar-refractivity contribution in [2.75, 3.05) is 43.8 Å². The maximum Gasteiger partial charge on any atom is 0.410 e.